The molecule has 0 saturated carbocycles. The fraction of sp³-hybridized carbons (Fsp3) is 0.600. The zero-order valence-corrected chi connectivity index (χ0v) is 10.6. The van der Waals surface area contributed by atoms with Gasteiger partial charge in [-0.3, -0.25) is 14.4 Å². The molecule has 1 aliphatic heterocycles. The summed E-state index contributed by atoms with van der Waals surface area (Å²) in [7, 11) is 0. The number of carbonyl (C=O) groups is 4. The van der Waals surface area contributed by atoms with Crippen LogP contribution in [0.4, 0.5) is 0 Å². The lowest BCUT2D eigenvalue weighted by molar-refractivity contribution is -0.141. The van der Waals surface area contributed by atoms with E-state index in [-0.39, 0.29) is 23.2 Å². The highest BCUT2D eigenvalue weighted by molar-refractivity contribution is 8.13. The maximum absolute atomic E-state index is 11.7. The van der Waals surface area contributed by atoms with Crippen LogP contribution < -0.4 is 10.6 Å². The number of rotatable bonds is 5. The second-order valence-corrected chi connectivity index (χ2v) is 5.06. The Hall–Kier alpha value is -1.57. The SMILES string of the molecule is CC(=O)SC[C@H](NC(=O)[C@@H]1CCC(=O)N1)C(=O)O. The number of amides is 2. The number of nitrogens with one attached hydrogen (secondary N) is 2. The summed E-state index contributed by atoms with van der Waals surface area (Å²) in [5.41, 5.74) is 0. The van der Waals surface area contributed by atoms with Crippen molar-refractivity contribution in [2.24, 2.45) is 0 Å². The third kappa shape index (κ3) is 4.36. The number of hydrogen-bond acceptors (Lipinski definition) is 5. The van der Waals surface area contributed by atoms with Crippen molar-refractivity contribution in [3.8, 4) is 0 Å². The van der Waals surface area contributed by atoms with E-state index in [2.05, 4.69) is 10.6 Å². The Labute approximate surface area is 108 Å². The van der Waals surface area contributed by atoms with Crippen LogP contribution in [0, 0.1) is 0 Å². The molecule has 100 valence electrons. The van der Waals surface area contributed by atoms with Gasteiger partial charge in [0, 0.05) is 19.1 Å². The van der Waals surface area contributed by atoms with Crippen molar-refractivity contribution in [1.29, 1.82) is 0 Å². The summed E-state index contributed by atoms with van der Waals surface area (Å²) in [6.45, 7) is 1.32. The monoisotopic (exact) mass is 274 g/mol. The van der Waals surface area contributed by atoms with Crippen molar-refractivity contribution in [3.05, 3.63) is 0 Å². The highest BCUT2D eigenvalue weighted by Crippen LogP contribution is 2.08. The molecule has 0 spiro atoms. The molecule has 18 heavy (non-hydrogen) atoms. The molecule has 1 aliphatic rings. The third-order valence-corrected chi connectivity index (χ3v) is 3.29. The van der Waals surface area contributed by atoms with Gasteiger partial charge in [0.1, 0.15) is 12.1 Å². The summed E-state index contributed by atoms with van der Waals surface area (Å²) in [5.74, 6) is -1.99. The standard InChI is InChI=1S/C10H14N2O5S/c1-5(13)18-4-7(10(16)17)12-9(15)6-2-3-8(14)11-6/h6-7H,2-4H2,1H3,(H,11,14)(H,12,15)(H,16,17)/t6-,7-/m0/s1. The van der Waals surface area contributed by atoms with E-state index >= 15 is 0 Å². The van der Waals surface area contributed by atoms with Gasteiger partial charge >= 0.3 is 5.97 Å². The van der Waals surface area contributed by atoms with Crippen molar-refractivity contribution in [1.82, 2.24) is 10.6 Å². The van der Waals surface area contributed by atoms with Crippen molar-refractivity contribution in [2.75, 3.05) is 5.75 Å². The first-order valence-corrected chi connectivity index (χ1v) is 6.34. The van der Waals surface area contributed by atoms with E-state index < -0.39 is 24.0 Å². The second kappa shape index (κ2) is 6.39. The van der Waals surface area contributed by atoms with Gasteiger partial charge in [0.25, 0.3) is 0 Å². The summed E-state index contributed by atoms with van der Waals surface area (Å²) in [6.07, 6.45) is 0.620. The molecule has 0 radical (unpaired) electrons. The van der Waals surface area contributed by atoms with Crippen molar-refractivity contribution in [3.63, 3.8) is 0 Å². The van der Waals surface area contributed by atoms with E-state index in [1.165, 1.54) is 6.92 Å². The number of carboxylic acids is 1. The molecule has 0 aromatic rings. The number of hydrogen-bond donors (Lipinski definition) is 3. The average molecular weight is 274 g/mol. The zero-order chi connectivity index (χ0) is 13.7. The fourth-order valence-corrected chi connectivity index (χ4v) is 2.09. The summed E-state index contributed by atoms with van der Waals surface area (Å²) in [6, 6.07) is -1.81. The Morgan fingerprint density at radius 1 is 1.56 bits per heavy atom. The molecule has 1 rings (SSSR count). The molecular formula is C10H14N2O5S. The molecule has 0 aliphatic carbocycles. The van der Waals surface area contributed by atoms with E-state index in [4.69, 9.17) is 5.11 Å². The van der Waals surface area contributed by atoms with Crippen LogP contribution in [-0.4, -0.2) is 45.8 Å². The molecule has 0 aromatic carbocycles. The van der Waals surface area contributed by atoms with Gasteiger partial charge in [-0.05, 0) is 6.42 Å². The van der Waals surface area contributed by atoms with Crippen LogP contribution in [0.2, 0.25) is 0 Å². The molecule has 3 N–H and O–H groups in total. The number of aliphatic carboxylic acids is 1. The Kier molecular flexibility index (Phi) is 5.14. The topological polar surface area (TPSA) is 113 Å². The normalized spacial score (nSPS) is 20.1. The van der Waals surface area contributed by atoms with Crippen LogP contribution in [0.3, 0.4) is 0 Å². The minimum atomic E-state index is -1.21. The van der Waals surface area contributed by atoms with Crippen molar-refractivity contribution >= 4 is 34.7 Å². The first kappa shape index (κ1) is 14.5. The highest BCUT2D eigenvalue weighted by Gasteiger charge is 2.30. The van der Waals surface area contributed by atoms with Gasteiger partial charge in [0.05, 0.1) is 0 Å². The molecule has 2 atom stereocenters. The van der Waals surface area contributed by atoms with Crippen LogP contribution in [-0.2, 0) is 19.2 Å². The van der Waals surface area contributed by atoms with Crippen LogP contribution in [0.15, 0.2) is 0 Å². The minimum Gasteiger partial charge on any atom is -0.480 e. The maximum Gasteiger partial charge on any atom is 0.327 e. The number of thioether (sulfide) groups is 1. The van der Waals surface area contributed by atoms with Crippen LogP contribution in [0.1, 0.15) is 19.8 Å². The predicted octanol–water partition coefficient (Wildman–Crippen LogP) is -0.886. The molecule has 1 heterocycles. The smallest absolute Gasteiger partial charge is 0.327 e. The molecule has 1 fully saturated rings. The van der Waals surface area contributed by atoms with Gasteiger partial charge < -0.3 is 15.7 Å². The lowest BCUT2D eigenvalue weighted by atomic mass is 10.2. The Morgan fingerprint density at radius 3 is 2.67 bits per heavy atom. The highest BCUT2D eigenvalue weighted by atomic mass is 32.2. The largest absolute Gasteiger partial charge is 0.480 e. The van der Waals surface area contributed by atoms with E-state index in [1.807, 2.05) is 0 Å². The first-order valence-electron chi connectivity index (χ1n) is 5.36. The number of carbonyl (C=O) groups excluding carboxylic acids is 3. The summed E-state index contributed by atoms with van der Waals surface area (Å²) in [5, 5.41) is 13.4. The first-order chi connectivity index (χ1) is 8.40. The minimum absolute atomic E-state index is 0.0307. The van der Waals surface area contributed by atoms with Crippen LogP contribution in [0.25, 0.3) is 0 Å². The lowest BCUT2D eigenvalue weighted by Gasteiger charge is -2.16. The van der Waals surface area contributed by atoms with Gasteiger partial charge in [0.2, 0.25) is 11.8 Å². The van der Waals surface area contributed by atoms with Gasteiger partial charge in [-0.15, -0.1) is 0 Å². The predicted molar refractivity (Wildman–Crippen MR) is 63.9 cm³/mol. The van der Waals surface area contributed by atoms with E-state index in [9.17, 15) is 19.2 Å². The van der Waals surface area contributed by atoms with Gasteiger partial charge in [-0.25, -0.2) is 4.79 Å². The molecule has 0 aromatic heterocycles. The Bertz CT molecular complexity index is 384. The van der Waals surface area contributed by atoms with Crippen molar-refractivity contribution < 1.29 is 24.3 Å². The molecule has 8 heteroatoms. The van der Waals surface area contributed by atoms with E-state index in [0.717, 1.165) is 11.8 Å². The molecular weight excluding hydrogens is 260 g/mol. The van der Waals surface area contributed by atoms with Crippen LogP contribution >= 0.6 is 11.8 Å². The van der Waals surface area contributed by atoms with Gasteiger partial charge in [0.15, 0.2) is 5.12 Å². The Balaban J connectivity index is 2.49. The lowest BCUT2D eigenvalue weighted by Crippen LogP contribution is -2.49. The zero-order valence-electron chi connectivity index (χ0n) is 9.76. The van der Waals surface area contributed by atoms with E-state index in [1.54, 1.807) is 0 Å². The van der Waals surface area contributed by atoms with E-state index in [0.29, 0.717) is 6.42 Å². The molecule has 0 bridgehead atoms. The molecule has 2 amide bonds. The van der Waals surface area contributed by atoms with Crippen molar-refractivity contribution in [2.45, 2.75) is 31.8 Å². The van der Waals surface area contributed by atoms with Crippen LogP contribution in [0.5, 0.6) is 0 Å². The molecule has 0 unspecified atom stereocenters. The Morgan fingerprint density at radius 2 is 2.22 bits per heavy atom. The summed E-state index contributed by atoms with van der Waals surface area (Å²) >= 11 is 0.831. The maximum atomic E-state index is 11.7. The summed E-state index contributed by atoms with van der Waals surface area (Å²) in [4.78, 5) is 44.3. The summed E-state index contributed by atoms with van der Waals surface area (Å²) < 4.78 is 0. The quantitative estimate of drug-likeness (QED) is 0.600. The average Bonchev–Trinajstić information content (AvgIpc) is 2.70. The second-order valence-electron chi connectivity index (χ2n) is 3.86. The molecule has 1 saturated heterocycles. The number of carboxylic acid groups (broad SMARTS) is 1. The third-order valence-electron chi connectivity index (χ3n) is 2.38. The van der Waals surface area contributed by atoms with Gasteiger partial charge in [-0.2, -0.15) is 0 Å². The van der Waals surface area contributed by atoms with Gasteiger partial charge in [-0.1, -0.05) is 11.8 Å². The fourth-order valence-electron chi connectivity index (χ4n) is 1.46. The molecule has 7 nitrogen and oxygen atoms in total.